The Labute approximate surface area is 80.9 Å². The molecule has 0 heterocycles. The number of urea groups is 1. The van der Waals surface area contributed by atoms with Crippen molar-refractivity contribution >= 4 is 17.9 Å². The van der Waals surface area contributed by atoms with E-state index in [0.717, 1.165) is 0 Å². The molecule has 0 aliphatic carbocycles. The minimum absolute atomic E-state index is 0.237. The van der Waals surface area contributed by atoms with E-state index in [1.807, 2.05) is 0 Å². The van der Waals surface area contributed by atoms with Crippen LogP contribution in [-0.4, -0.2) is 42.6 Å². The van der Waals surface area contributed by atoms with E-state index in [9.17, 15) is 14.4 Å². The van der Waals surface area contributed by atoms with Crippen molar-refractivity contribution in [3.63, 3.8) is 0 Å². The van der Waals surface area contributed by atoms with Crippen molar-refractivity contribution in [2.75, 3.05) is 19.6 Å². The first-order chi connectivity index (χ1) is 6.56. The van der Waals surface area contributed by atoms with Crippen LogP contribution in [0.4, 0.5) is 4.79 Å². The molecule has 3 amide bonds. The molecule has 80 valence electrons. The number of carbonyl (C=O) groups is 3. The summed E-state index contributed by atoms with van der Waals surface area (Å²) in [6, 6.07) is -0.460. The number of aliphatic carboxylic acids is 1. The Morgan fingerprint density at radius 2 is 1.71 bits per heavy atom. The zero-order valence-electron chi connectivity index (χ0n) is 7.79. The fourth-order valence-electron chi connectivity index (χ4n) is 0.620. The molecule has 0 radical (unpaired) electrons. The highest BCUT2D eigenvalue weighted by Crippen LogP contribution is 1.67. The van der Waals surface area contributed by atoms with Crippen LogP contribution in [0.1, 0.15) is 6.92 Å². The number of carboxylic acid groups (broad SMARTS) is 1. The van der Waals surface area contributed by atoms with Crippen molar-refractivity contribution in [2.45, 2.75) is 6.92 Å². The molecule has 0 spiro atoms. The van der Waals surface area contributed by atoms with E-state index in [4.69, 9.17) is 5.11 Å². The summed E-state index contributed by atoms with van der Waals surface area (Å²) < 4.78 is 0. The molecule has 0 unspecified atom stereocenters. The third kappa shape index (κ3) is 6.89. The second-order valence-corrected chi connectivity index (χ2v) is 2.38. The fourth-order valence-corrected chi connectivity index (χ4v) is 0.620. The van der Waals surface area contributed by atoms with Gasteiger partial charge in [0, 0.05) is 6.54 Å². The Bertz CT molecular complexity index is 229. The molecule has 0 bridgehead atoms. The summed E-state index contributed by atoms with van der Waals surface area (Å²) in [5.74, 6) is -1.67. The van der Waals surface area contributed by atoms with Gasteiger partial charge in [-0.2, -0.15) is 0 Å². The van der Waals surface area contributed by atoms with Gasteiger partial charge in [-0.1, -0.05) is 0 Å². The molecule has 7 heteroatoms. The first-order valence-corrected chi connectivity index (χ1v) is 4.06. The zero-order chi connectivity index (χ0) is 11.0. The first-order valence-electron chi connectivity index (χ1n) is 4.06. The number of carboxylic acids is 1. The van der Waals surface area contributed by atoms with Gasteiger partial charge in [-0.05, 0) is 6.92 Å². The second kappa shape index (κ2) is 6.70. The molecular formula is C7H13N3O4. The van der Waals surface area contributed by atoms with Gasteiger partial charge in [-0.3, -0.25) is 9.59 Å². The van der Waals surface area contributed by atoms with Crippen molar-refractivity contribution in [2.24, 2.45) is 0 Å². The van der Waals surface area contributed by atoms with E-state index in [-0.39, 0.29) is 6.54 Å². The monoisotopic (exact) mass is 203 g/mol. The topological polar surface area (TPSA) is 108 Å². The lowest BCUT2D eigenvalue weighted by molar-refractivity contribution is -0.137. The van der Waals surface area contributed by atoms with Gasteiger partial charge in [0.15, 0.2) is 0 Å². The van der Waals surface area contributed by atoms with E-state index in [0.29, 0.717) is 6.54 Å². The van der Waals surface area contributed by atoms with Crippen LogP contribution in [0.5, 0.6) is 0 Å². The number of carbonyl (C=O) groups excluding carboxylic acids is 2. The average Bonchev–Trinajstić information content (AvgIpc) is 2.12. The van der Waals surface area contributed by atoms with Crippen molar-refractivity contribution in [3.05, 3.63) is 0 Å². The lowest BCUT2D eigenvalue weighted by Gasteiger charge is -2.05. The molecule has 0 aromatic rings. The van der Waals surface area contributed by atoms with Crippen molar-refractivity contribution < 1.29 is 19.5 Å². The molecule has 7 nitrogen and oxygen atoms in total. The van der Waals surface area contributed by atoms with Gasteiger partial charge in [0.05, 0.1) is 6.54 Å². The fraction of sp³-hybridized carbons (Fsp3) is 0.571. The van der Waals surface area contributed by atoms with Crippen LogP contribution in [-0.2, 0) is 9.59 Å². The van der Waals surface area contributed by atoms with Crippen LogP contribution in [0.2, 0.25) is 0 Å². The van der Waals surface area contributed by atoms with E-state index in [2.05, 4.69) is 16.0 Å². The van der Waals surface area contributed by atoms with Crippen LogP contribution in [0.25, 0.3) is 0 Å². The van der Waals surface area contributed by atoms with Gasteiger partial charge in [-0.15, -0.1) is 0 Å². The van der Waals surface area contributed by atoms with Gasteiger partial charge in [0.25, 0.3) is 0 Å². The maximum atomic E-state index is 10.8. The summed E-state index contributed by atoms with van der Waals surface area (Å²) in [4.78, 5) is 31.6. The number of nitrogens with one attached hydrogen (secondary N) is 3. The van der Waals surface area contributed by atoms with Gasteiger partial charge in [0.1, 0.15) is 6.54 Å². The molecule has 4 N–H and O–H groups in total. The molecule has 14 heavy (non-hydrogen) atoms. The van der Waals surface area contributed by atoms with Crippen LogP contribution in [0, 0.1) is 0 Å². The summed E-state index contributed by atoms with van der Waals surface area (Å²) in [6.07, 6.45) is 0. The number of hydrogen-bond donors (Lipinski definition) is 4. The van der Waals surface area contributed by atoms with E-state index in [1.165, 1.54) is 0 Å². The van der Waals surface area contributed by atoms with Gasteiger partial charge < -0.3 is 21.1 Å². The SMILES string of the molecule is CCNC(=O)NCC(=O)NCC(=O)O. The lowest BCUT2D eigenvalue weighted by atomic mass is 10.5. The Kier molecular flexibility index (Phi) is 5.84. The smallest absolute Gasteiger partial charge is 0.322 e. The number of rotatable bonds is 5. The molecule has 0 saturated heterocycles. The molecule has 0 saturated carbocycles. The van der Waals surface area contributed by atoms with E-state index < -0.39 is 24.5 Å². The van der Waals surface area contributed by atoms with Crippen molar-refractivity contribution in [3.8, 4) is 0 Å². The summed E-state index contributed by atoms with van der Waals surface area (Å²) in [5, 5.41) is 15.0. The minimum atomic E-state index is -1.13. The Hall–Kier alpha value is -1.79. The van der Waals surface area contributed by atoms with Crippen LogP contribution < -0.4 is 16.0 Å². The second-order valence-electron chi connectivity index (χ2n) is 2.38. The van der Waals surface area contributed by atoms with Crippen LogP contribution in [0.15, 0.2) is 0 Å². The quantitative estimate of drug-likeness (QED) is 0.436. The highest BCUT2D eigenvalue weighted by molar-refractivity contribution is 5.86. The normalized spacial score (nSPS) is 8.93. The Morgan fingerprint density at radius 1 is 1.07 bits per heavy atom. The van der Waals surface area contributed by atoms with Crippen molar-refractivity contribution in [1.82, 2.24) is 16.0 Å². The largest absolute Gasteiger partial charge is 0.480 e. The molecular weight excluding hydrogens is 190 g/mol. The molecule has 0 aromatic carbocycles. The molecule has 0 aliphatic rings. The highest BCUT2D eigenvalue weighted by atomic mass is 16.4. The van der Waals surface area contributed by atoms with E-state index in [1.54, 1.807) is 6.92 Å². The maximum Gasteiger partial charge on any atom is 0.322 e. The third-order valence-corrected chi connectivity index (χ3v) is 1.18. The van der Waals surface area contributed by atoms with Gasteiger partial charge >= 0.3 is 12.0 Å². The predicted molar refractivity (Wildman–Crippen MR) is 47.7 cm³/mol. The predicted octanol–water partition coefficient (Wildman–Crippen LogP) is -1.49. The van der Waals surface area contributed by atoms with Crippen LogP contribution in [0.3, 0.4) is 0 Å². The average molecular weight is 203 g/mol. The molecule has 0 fully saturated rings. The first kappa shape index (κ1) is 12.2. The summed E-state index contributed by atoms with van der Waals surface area (Å²) in [6.45, 7) is 1.52. The maximum absolute atomic E-state index is 10.8. The molecule has 0 aromatic heterocycles. The van der Waals surface area contributed by atoms with Gasteiger partial charge in [-0.25, -0.2) is 4.79 Å². The van der Waals surface area contributed by atoms with Crippen molar-refractivity contribution in [1.29, 1.82) is 0 Å². The van der Waals surface area contributed by atoms with Crippen LogP contribution >= 0.6 is 0 Å². The number of hydrogen-bond acceptors (Lipinski definition) is 3. The third-order valence-electron chi connectivity index (χ3n) is 1.18. The Balaban J connectivity index is 3.53. The summed E-state index contributed by atoms with van der Waals surface area (Å²) in [7, 11) is 0. The molecule has 0 aliphatic heterocycles. The van der Waals surface area contributed by atoms with E-state index >= 15 is 0 Å². The standard InChI is InChI=1S/C7H13N3O4/c1-2-8-7(14)10-3-5(11)9-4-6(12)13/h2-4H2,1H3,(H,9,11)(H,12,13)(H2,8,10,14). The lowest BCUT2D eigenvalue weighted by Crippen LogP contribution is -2.42. The summed E-state index contributed by atoms with van der Waals surface area (Å²) in [5.41, 5.74) is 0. The summed E-state index contributed by atoms with van der Waals surface area (Å²) >= 11 is 0. The zero-order valence-corrected chi connectivity index (χ0v) is 7.79. The number of amides is 3. The Morgan fingerprint density at radius 3 is 2.21 bits per heavy atom. The minimum Gasteiger partial charge on any atom is -0.480 e. The molecule has 0 atom stereocenters. The van der Waals surface area contributed by atoms with Gasteiger partial charge in [0.2, 0.25) is 5.91 Å². The molecule has 0 rings (SSSR count). The highest BCUT2D eigenvalue weighted by Gasteiger charge is 2.04.